The molecule has 0 bridgehead atoms. The van der Waals surface area contributed by atoms with Crippen molar-refractivity contribution < 1.29 is 4.79 Å². The molecule has 7 heteroatoms. The van der Waals surface area contributed by atoms with E-state index in [9.17, 15) is 4.79 Å². The first-order chi connectivity index (χ1) is 15.3. The summed E-state index contributed by atoms with van der Waals surface area (Å²) in [5.41, 5.74) is 5.04. The van der Waals surface area contributed by atoms with Crippen LogP contribution in [0.15, 0.2) is 72.1 Å². The summed E-state index contributed by atoms with van der Waals surface area (Å²) in [6, 6.07) is 21.7. The van der Waals surface area contributed by atoms with E-state index >= 15 is 0 Å². The fraction of sp³-hybridized carbons (Fsp3) is 0.0417. The van der Waals surface area contributed by atoms with Crippen LogP contribution >= 0.6 is 11.3 Å². The topological polar surface area (TPSA) is 86.5 Å². The lowest BCUT2D eigenvalue weighted by molar-refractivity contribution is 0.0951. The van der Waals surface area contributed by atoms with E-state index in [0.29, 0.717) is 17.9 Å². The highest BCUT2D eigenvalue weighted by Gasteiger charge is 2.14. The number of benzene rings is 3. The number of aromatic amines is 2. The lowest BCUT2D eigenvalue weighted by Crippen LogP contribution is -2.22. The lowest BCUT2D eigenvalue weighted by atomic mass is 10.1. The van der Waals surface area contributed by atoms with E-state index in [2.05, 4.69) is 43.0 Å². The number of nitrogens with zero attached hydrogens (tertiary/aromatic N) is 2. The molecule has 6 aromatic rings. The number of aromatic nitrogens is 4. The highest BCUT2D eigenvalue weighted by atomic mass is 32.1. The van der Waals surface area contributed by atoms with Gasteiger partial charge in [0.1, 0.15) is 5.69 Å². The summed E-state index contributed by atoms with van der Waals surface area (Å²) in [4.78, 5) is 20.7. The molecule has 0 saturated heterocycles. The molecule has 1 amide bonds. The van der Waals surface area contributed by atoms with Gasteiger partial charge in [0.05, 0.1) is 16.6 Å². The number of thiophene rings is 1. The van der Waals surface area contributed by atoms with Crippen LogP contribution in [-0.2, 0) is 6.54 Å². The Morgan fingerprint density at radius 1 is 0.968 bits per heavy atom. The molecule has 3 N–H and O–H groups in total. The third kappa shape index (κ3) is 3.06. The molecule has 31 heavy (non-hydrogen) atoms. The Morgan fingerprint density at radius 3 is 2.74 bits per heavy atom. The number of para-hydroxylation sites is 1. The second-order valence-electron chi connectivity index (χ2n) is 7.37. The smallest absolute Gasteiger partial charge is 0.251 e. The molecule has 0 radical (unpaired) electrons. The average Bonchev–Trinajstić information content (AvgIpc) is 3.52. The van der Waals surface area contributed by atoms with E-state index in [4.69, 9.17) is 0 Å². The quantitative estimate of drug-likeness (QED) is 0.362. The zero-order chi connectivity index (χ0) is 20.8. The Hall–Kier alpha value is -3.97. The van der Waals surface area contributed by atoms with Crippen LogP contribution in [0.4, 0.5) is 0 Å². The van der Waals surface area contributed by atoms with Crippen molar-refractivity contribution in [2.24, 2.45) is 0 Å². The van der Waals surface area contributed by atoms with Crippen molar-refractivity contribution in [2.45, 2.75) is 6.54 Å². The highest BCUT2D eigenvalue weighted by Crippen LogP contribution is 2.27. The van der Waals surface area contributed by atoms with E-state index in [0.717, 1.165) is 33.2 Å². The minimum atomic E-state index is -0.112. The highest BCUT2D eigenvalue weighted by molar-refractivity contribution is 7.17. The van der Waals surface area contributed by atoms with Gasteiger partial charge in [-0.15, -0.1) is 11.3 Å². The zero-order valence-electron chi connectivity index (χ0n) is 16.3. The van der Waals surface area contributed by atoms with Crippen molar-refractivity contribution >= 4 is 49.3 Å². The fourth-order valence-electron chi connectivity index (χ4n) is 3.85. The van der Waals surface area contributed by atoms with Gasteiger partial charge in [0.25, 0.3) is 5.91 Å². The summed E-state index contributed by atoms with van der Waals surface area (Å²) in [7, 11) is 0. The van der Waals surface area contributed by atoms with Gasteiger partial charge in [0.15, 0.2) is 5.82 Å². The Bertz CT molecular complexity index is 1580. The molecule has 0 aliphatic carbocycles. The molecule has 3 heterocycles. The maximum atomic E-state index is 12.8. The van der Waals surface area contributed by atoms with Gasteiger partial charge in [-0.2, -0.15) is 5.10 Å². The standard InChI is InChI=1S/C24H17N5OS/c30-24(25-12-15-13-31-21-8-4-2-5-16(15)21)14-9-10-19-20(11-14)27-23(26-19)22-17-6-1-3-7-18(17)28-29-22/h1-11,13H,12H2,(H,25,30)(H,26,27)(H,28,29). The van der Waals surface area contributed by atoms with Crippen molar-refractivity contribution in [1.82, 2.24) is 25.5 Å². The maximum absolute atomic E-state index is 12.8. The van der Waals surface area contributed by atoms with Crippen LogP contribution in [0.1, 0.15) is 15.9 Å². The SMILES string of the molecule is O=C(NCc1csc2ccccc12)c1ccc2nc(-c3n[nH]c4ccccc34)[nH]c2c1. The normalized spacial score (nSPS) is 11.5. The molecule has 6 rings (SSSR count). The second kappa shape index (κ2) is 7.07. The number of rotatable bonds is 4. The van der Waals surface area contributed by atoms with E-state index in [1.165, 1.54) is 10.1 Å². The van der Waals surface area contributed by atoms with Crippen LogP contribution in [0.3, 0.4) is 0 Å². The van der Waals surface area contributed by atoms with E-state index in [-0.39, 0.29) is 5.91 Å². The number of carbonyl (C=O) groups excluding carboxylic acids is 1. The first-order valence-electron chi connectivity index (χ1n) is 9.93. The first-order valence-corrected chi connectivity index (χ1v) is 10.8. The number of fused-ring (bicyclic) bond motifs is 3. The summed E-state index contributed by atoms with van der Waals surface area (Å²) in [5, 5.41) is 14.8. The van der Waals surface area contributed by atoms with Gasteiger partial charge in [-0.1, -0.05) is 36.4 Å². The van der Waals surface area contributed by atoms with Gasteiger partial charge in [0.2, 0.25) is 0 Å². The van der Waals surface area contributed by atoms with E-state index in [1.54, 1.807) is 17.4 Å². The van der Waals surface area contributed by atoms with Crippen LogP contribution in [0.25, 0.3) is 43.5 Å². The summed E-state index contributed by atoms with van der Waals surface area (Å²) in [6.07, 6.45) is 0. The third-order valence-corrected chi connectivity index (χ3v) is 6.45. The van der Waals surface area contributed by atoms with Crippen molar-refractivity contribution in [2.75, 3.05) is 0 Å². The summed E-state index contributed by atoms with van der Waals surface area (Å²) in [6.45, 7) is 0.494. The minimum Gasteiger partial charge on any atom is -0.348 e. The third-order valence-electron chi connectivity index (χ3n) is 5.44. The second-order valence-corrected chi connectivity index (χ2v) is 8.29. The molecule has 0 aliphatic heterocycles. The van der Waals surface area contributed by atoms with Crippen LogP contribution in [0.2, 0.25) is 0 Å². The lowest BCUT2D eigenvalue weighted by Gasteiger charge is -2.05. The van der Waals surface area contributed by atoms with Gasteiger partial charge < -0.3 is 10.3 Å². The van der Waals surface area contributed by atoms with Crippen LogP contribution in [0, 0.1) is 0 Å². The van der Waals surface area contributed by atoms with Crippen molar-refractivity contribution in [1.29, 1.82) is 0 Å². The largest absolute Gasteiger partial charge is 0.348 e. The Kier molecular flexibility index (Phi) is 4.07. The summed E-state index contributed by atoms with van der Waals surface area (Å²) < 4.78 is 1.23. The molecule has 3 aromatic carbocycles. The molecule has 0 unspecified atom stereocenters. The Balaban J connectivity index is 1.27. The number of hydrogen-bond acceptors (Lipinski definition) is 4. The first kappa shape index (κ1) is 17.9. The van der Waals surface area contributed by atoms with E-state index in [1.807, 2.05) is 48.5 Å². The molecule has 150 valence electrons. The van der Waals surface area contributed by atoms with E-state index < -0.39 is 0 Å². The number of hydrogen-bond donors (Lipinski definition) is 3. The van der Waals surface area contributed by atoms with Crippen molar-refractivity contribution in [3.8, 4) is 11.5 Å². The average molecular weight is 424 g/mol. The molecular weight excluding hydrogens is 406 g/mol. The summed E-state index contributed by atoms with van der Waals surface area (Å²) in [5.74, 6) is 0.563. The maximum Gasteiger partial charge on any atom is 0.251 e. The number of nitrogens with one attached hydrogen (secondary N) is 3. The van der Waals surface area contributed by atoms with Gasteiger partial charge in [-0.25, -0.2) is 4.98 Å². The number of carbonyl (C=O) groups is 1. The summed E-state index contributed by atoms with van der Waals surface area (Å²) >= 11 is 1.69. The van der Waals surface area contributed by atoms with Crippen LogP contribution in [-0.4, -0.2) is 26.1 Å². The Labute approximate surface area is 180 Å². The fourth-order valence-corrected chi connectivity index (χ4v) is 4.82. The minimum absolute atomic E-state index is 0.112. The van der Waals surface area contributed by atoms with Crippen LogP contribution < -0.4 is 5.32 Å². The molecule has 0 saturated carbocycles. The zero-order valence-corrected chi connectivity index (χ0v) is 17.2. The molecule has 0 fully saturated rings. The molecular formula is C24H17N5OS. The van der Waals surface area contributed by atoms with Crippen molar-refractivity contribution in [3.05, 3.63) is 83.2 Å². The number of imidazole rings is 1. The monoisotopic (exact) mass is 423 g/mol. The van der Waals surface area contributed by atoms with Gasteiger partial charge in [-0.05, 0) is 46.7 Å². The van der Waals surface area contributed by atoms with Gasteiger partial charge in [0, 0.05) is 22.2 Å². The predicted octanol–water partition coefficient (Wildman–Crippen LogP) is 5.25. The van der Waals surface area contributed by atoms with Gasteiger partial charge in [-0.3, -0.25) is 9.89 Å². The molecule has 0 aliphatic rings. The Morgan fingerprint density at radius 2 is 1.81 bits per heavy atom. The molecule has 0 atom stereocenters. The molecule has 6 nitrogen and oxygen atoms in total. The number of H-pyrrole nitrogens is 2. The van der Waals surface area contributed by atoms with Crippen molar-refractivity contribution in [3.63, 3.8) is 0 Å². The number of amides is 1. The van der Waals surface area contributed by atoms with Crippen LogP contribution in [0.5, 0.6) is 0 Å². The molecule has 3 aromatic heterocycles. The molecule has 0 spiro atoms. The van der Waals surface area contributed by atoms with Gasteiger partial charge >= 0.3 is 0 Å². The predicted molar refractivity (Wildman–Crippen MR) is 124 cm³/mol.